The van der Waals surface area contributed by atoms with Crippen LogP contribution in [0.2, 0.25) is 0 Å². The SMILES string of the molecule is CC(C)(C)OC(=O)N1CCN(CCCNC(=O)[C@H](Cc2ccc(O)cc2)NC(=O)OCc2ccccc2)CCN(C(=O)OC(C)(C)C)CCN(C(=O)OC(C)(C)C)CC1. The zero-order valence-corrected chi connectivity index (χ0v) is 36.4. The van der Waals surface area contributed by atoms with E-state index in [-0.39, 0.29) is 64.6 Å². The van der Waals surface area contributed by atoms with Gasteiger partial charge < -0.3 is 49.4 Å². The average Bonchev–Trinajstić information content (AvgIpc) is 3.12. The molecule has 0 bridgehead atoms. The van der Waals surface area contributed by atoms with Crippen molar-refractivity contribution in [2.45, 2.75) is 105 Å². The lowest BCUT2D eigenvalue weighted by Crippen LogP contribution is -2.51. The molecule has 0 aliphatic carbocycles. The summed E-state index contributed by atoms with van der Waals surface area (Å²) in [5.41, 5.74) is -0.718. The van der Waals surface area contributed by atoms with Crippen molar-refractivity contribution < 1.29 is 48.0 Å². The highest BCUT2D eigenvalue weighted by Gasteiger charge is 2.30. The number of nitrogens with one attached hydrogen (secondary N) is 2. The van der Waals surface area contributed by atoms with Crippen molar-refractivity contribution in [3.63, 3.8) is 0 Å². The first-order valence-corrected chi connectivity index (χ1v) is 20.3. The van der Waals surface area contributed by atoms with Crippen LogP contribution in [0.4, 0.5) is 19.2 Å². The molecule has 0 radical (unpaired) electrons. The smallest absolute Gasteiger partial charge is 0.410 e. The van der Waals surface area contributed by atoms with E-state index in [1.807, 2.05) is 30.3 Å². The lowest BCUT2D eigenvalue weighted by molar-refractivity contribution is -0.123. The maximum atomic E-state index is 13.5. The van der Waals surface area contributed by atoms with Gasteiger partial charge in [-0.05, 0) is 98.5 Å². The molecular weight excluding hydrogens is 761 g/mol. The molecule has 0 aromatic heterocycles. The topological polar surface area (TPSA) is 180 Å². The van der Waals surface area contributed by atoms with Crippen LogP contribution in [0.5, 0.6) is 5.75 Å². The van der Waals surface area contributed by atoms with Gasteiger partial charge >= 0.3 is 24.4 Å². The second-order valence-electron chi connectivity index (χ2n) is 17.5. The average molecular weight is 827 g/mol. The summed E-state index contributed by atoms with van der Waals surface area (Å²) in [6, 6.07) is 14.6. The molecule has 5 amide bonds. The molecule has 3 N–H and O–H groups in total. The monoisotopic (exact) mass is 826 g/mol. The van der Waals surface area contributed by atoms with E-state index in [1.54, 1.807) is 84.2 Å². The van der Waals surface area contributed by atoms with Gasteiger partial charge in [0.1, 0.15) is 35.2 Å². The van der Waals surface area contributed by atoms with Crippen LogP contribution in [0, 0.1) is 0 Å². The van der Waals surface area contributed by atoms with Crippen molar-refractivity contribution >= 4 is 30.3 Å². The normalized spacial score (nSPS) is 15.5. The summed E-state index contributed by atoms with van der Waals surface area (Å²) in [5, 5.41) is 15.4. The first-order chi connectivity index (χ1) is 27.6. The number of rotatable bonds is 10. The van der Waals surface area contributed by atoms with Crippen LogP contribution in [0.1, 0.15) is 79.9 Å². The highest BCUT2D eigenvalue weighted by molar-refractivity contribution is 5.86. The van der Waals surface area contributed by atoms with E-state index < -0.39 is 53.1 Å². The third-order valence-electron chi connectivity index (χ3n) is 8.75. The summed E-state index contributed by atoms with van der Waals surface area (Å²) in [6.45, 7) is 18.8. The van der Waals surface area contributed by atoms with Gasteiger partial charge in [-0.1, -0.05) is 42.5 Å². The molecule has 1 heterocycles. The van der Waals surface area contributed by atoms with Crippen molar-refractivity contribution in [2.75, 3.05) is 65.4 Å². The first kappa shape index (κ1) is 48.1. The van der Waals surface area contributed by atoms with Gasteiger partial charge in [0.05, 0.1) is 0 Å². The number of hydrogen-bond donors (Lipinski definition) is 3. The van der Waals surface area contributed by atoms with Gasteiger partial charge in [-0.25, -0.2) is 19.2 Å². The molecule has 1 aliphatic rings. The first-order valence-electron chi connectivity index (χ1n) is 20.3. The van der Waals surface area contributed by atoms with Crippen LogP contribution in [-0.4, -0.2) is 143 Å². The maximum absolute atomic E-state index is 13.5. The molecule has 16 nitrogen and oxygen atoms in total. The van der Waals surface area contributed by atoms with Crippen molar-refractivity contribution in [3.05, 3.63) is 65.7 Å². The van der Waals surface area contributed by atoms with Crippen LogP contribution in [-0.2, 0) is 36.8 Å². The fraction of sp³-hybridized carbons (Fsp3) is 0.605. The minimum absolute atomic E-state index is 0.0365. The Morgan fingerprint density at radius 2 is 1.07 bits per heavy atom. The summed E-state index contributed by atoms with van der Waals surface area (Å²) in [7, 11) is 0. The van der Waals surface area contributed by atoms with E-state index in [2.05, 4.69) is 15.5 Å². The largest absolute Gasteiger partial charge is 0.508 e. The van der Waals surface area contributed by atoms with E-state index >= 15 is 0 Å². The number of aromatic hydroxyl groups is 1. The van der Waals surface area contributed by atoms with Crippen molar-refractivity contribution in [1.82, 2.24) is 30.2 Å². The zero-order chi connectivity index (χ0) is 43.8. The van der Waals surface area contributed by atoms with Crippen molar-refractivity contribution in [2.24, 2.45) is 0 Å². The second-order valence-corrected chi connectivity index (χ2v) is 17.5. The minimum Gasteiger partial charge on any atom is -0.508 e. The second kappa shape index (κ2) is 22.2. The highest BCUT2D eigenvalue weighted by atomic mass is 16.6. The van der Waals surface area contributed by atoms with Crippen LogP contribution in [0.25, 0.3) is 0 Å². The number of phenolic OH excluding ortho intramolecular Hbond substituents is 1. The molecule has 3 rings (SSSR count). The van der Waals surface area contributed by atoms with Crippen LogP contribution < -0.4 is 10.6 Å². The number of benzene rings is 2. The number of amides is 5. The van der Waals surface area contributed by atoms with E-state index in [4.69, 9.17) is 18.9 Å². The van der Waals surface area contributed by atoms with Gasteiger partial charge in [0, 0.05) is 65.3 Å². The number of ether oxygens (including phenoxy) is 4. The summed E-state index contributed by atoms with van der Waals surface area (Å²) >= 11 is 0. The third kappa shape index (κ3) is 19.4. The minimum atomic E-state index is -0.963. The molecule has 2 aromatic carbocycles. The van der Waals surface area contributed by atoms with E-state index in [0.29, 0.717) is 26.1 Å². The Morgan fingerprint density at radius 3 is 1.51 bits per heavy atom. The molecule has 1 fully saturated rings. The number of hydrogen-bond acceptors (Lipinski definition) is 11. The molecule has 16 heteroatoms. The summed E-state index contributed by atoms with van der Waals surface area (Å²) in [6.07, 6.45) is -1.68. The van der Waals surface area contributed by atoms with Gasteiger partial charge in [0.15, 0.2) is 0 Å². The number of carbonyl (C=O) groups excluding carboxylic acids is 5. The maximum Gasteiger partial charge on any atom is 0.410 e. The Labute approximate surface area is 349 Å². The fourth-order valence-corrected chi connectivity index (χ4v) is 5.83. The predicted molar refractivity (Wildman–Crippen MR) is 223 cm³/mol. The molecule has 328 valence electrons. The van der Waals surface area contributed by atoms with Gasteiger partial charge in [-0.2, -0.15) is 0 Å². The Kier molecular flexibility index (Phi) is 18.1. The lowest BCUT2D eigenvalue weighted by atomic mass is 10.1. The Morgan fingerprint density at radius 1 is 0.627 bits per heavy atom. The molecule has 1 atom stereocenters. The van der Waals surface area contributed by atoms with Gasteiger partial charge in [0.25, 0.3) is 0 Å². The molecule has 0 saturated carbocycles. The third-order valence-corrected chi connectivity index (χ3v) is 8.75. The van der Waals surface area contributed by atoms with E-state index in [9.17, 15) is 29.1 Å². The number of alkyl carbamates (subject to hydrolysis) is 1. The van der Waals surface area contributed by atoms with Gasteiger partial charge in [-0.3, -0.25) is 9.69 Å². The highest BCUT2D eigenvalue weighted by Crippen LogP contribution is 2.16. The van der Waals surface area contributed by atoms with Crippen LogP contribution in [0.15, 0.2) is 54.6 Å². The lowest BCUT2D eigenvalue weighted by Gasteiger charge is -2.35. The van der Waals surface area contributed by atoms with Gasteiger partial charge in [-0.15, -0.1) is 0 Å². The van der Waals surface area contributed by atoms with Crippen LogP contribution in [0.3, 0.4) is 0 Å². The van der Waals surface area contributed by atoms with Gasteiger partial charge in [0.2, 0.25) is 5.91 Å². The Balaban J connectivity index is 1.74. The fourth-order valence-electron chi connectivity index (χ4n) is 5.83. The molecule has 0 spiro atoms. The van der Waals surface area contributed by atoms with Crippen LogP contribution >= 0.6 is 0 Å². The predicted octanol–water partition coefficient (Wildman–Crippen LogP) is 5.76. The Bertz CT molecular complexity index is 1610. The zero-order valence-electron chi connectivity index (χ0n) is 36.4. The molecule has 1 saturated heterocycles. The van der Waals surface area contributed by atoms with E-state index in [1.165, 1.54) is 17.0 Å². The van der Waals surface area contributed by atoms with Crippen molar-refractivity contribution in [1.29, 1.82) is 0 Å². The molecule has 0 unspecified atom stereocenters. The summed E-state index contributed by atoms with van der Waals surface area (Å²) in [5.74, 6) is -0.330. The molecule has 59 heavy (non-hydrogen) atoms. The van der Waals surface area contributed by atoms with E-state index in [0.717, 1.165) is 11.1 Å². The van der Waals surface area contributed by atoms with Crippen molar-refractivity contribution in [3.8, 4) is 5.75 Å². The molecular formula is C43H66N6O10. The number of carbonyl (C=O) groups is 5. The molecule has 2 aromatic rings. The summed E-state index contributed by atoms with van der Waals surface area (Å²) in [4.78, 5) is 73.3. The molecule has 1 aliphatic heterocycles. The standard InChI is InChI=1S/C43H66N6O10/c1-41(2,3)57-38(53)47-24-22-46(23-25-48(39(54)58-42(4,5)6)27-29-49(28-26-47)40(55)59-43(7,8)9)21-13-20-44-36(51)35(30-32-16-18-34(50)19-17-32)45-37(52)56-31-33-14-11-10-12-15-33/h10-12,14-19,35,50H,13,20-31H2,1-9H3,(H,44,51)(H,45,52)/t35-/m0/s1. The quantitative estimate of drug-likeness (QED) is 0.196. The number of nitrogens with zero attached hydrogens (tertiary/aromatic N) is 4. The Hall–Kier alpha value is -5.25. The summed E-state index contributed by atoms with van der Waals surface area (Å²) < 4.78 is 22.5. The number of phenols is 1.